The summed E-state index contributed by atoms with van der Waals surface area (Å²) < 4.78 is 1.77. The molecule has 1 aliphatic carbocycles. The maximum absolute atomic E-state index is 12.9. The van der Waals surface area contributed by atoms with E-state index in [1.54, 1.807) is 21.8 Å². The molecule has 3 aromatic heterocycles. The normalized spacial score (nSPS) is 17.6. The van der Waals surface area contributed by atoms with E-state index in [1.807, 2.05) is 61.8 Å². The molecule has 0 atom stereocenters. The number of nitrogens with zero attached hydrogens (tertiary/aromatic N) is 5. The van der Waals surface area contributed by atoms with Gasteiger partial charge in [0.05, 0.1) is 5.69 Å². The van der Waals surface area contributed by atoms with Crippen molar-refractivity contribution >= 4 is 28.7 Å². The molecule has 9 heteroatoms. The van der Waals surface area contributed by atoms with Gasteiger partial charge in [-0.05, 0) is 62.1 Å². The van der Waals surface area contributed by atoms with Crippen molar-refractivity contribution in [2.45, 2.75) is 44.2 Å². The summed E-state index contributed by atoms with van der Waals surface area (Å²) in [6.45, 7) is 0.605. The number of carbonyl (C=O) groups is 1. The largest absolute Gasteiger partial charge is 0.366 e. The molecule has 0 radical (unpaired) electrons. The van der Waals surface area contributed by atoms with E-state index in [0.717, 1.165) is 60.6 Å². The third-order valence-electron chi connectivity index (χ3n) is 6.67. The zero-order valence-corrected chi connectivity index (χ0v) is 20.5. The van der Waals surface area contributed by atoms with Crippen molar-refractivity contribution in [2.24, 2.45) is 5.73 Å². The third-order valence-corrected chi connectivity index (χ3v) is 6.67. The molecule has 0 unspecified atom stereocenters. The Morgan fingerprint density at radius 2 is 1.89 bits per heavy atom. The second-order valence-electron chi connectivity index (χ2n) is 9.39. The van der Waals surface area contributed by atoms with Gasteiger partial charge in [0.1, 0.15) is 5.82 Å². The molecule has 0 bridgehead atoms. The number of carbonyl (C=O) groups excluding carboxylic acids is 1. The Kier molecular flexibility index (Phi) is 7.08. The molecule has 1 aromatic carbocycles. The van der Waals surface area contributed by atoms with E-state index in [4.69, 9.17) is 5.73 Å². The number of fused-ring (bicyclic) bond motifs is 1. The minimum atomic E-state index is -0.0178. The molecule has 4 N–H and O–H groups in total. The van der Waals surface area contributed by atoms with E-state index < -0.39 is 0 Å². The van der Waals surface area contributed by atoms with Gasteiger partial charge in [0.2, 0.25) is 0 Å². The van der Waals surface area contributed by atoms with E-state index in [9.17, 15) is 4.79 Å². The molecule has 5 rings (SSSR count). The van der Waals surface area contributed by atoms with Gasteiger partial charge in [0.15, 0.2) is 5.65 Å². The number of anilines is 3. The second kappa shape index (κ2) is 10.7. The molecule has 0 saturated heterocycles. The standard InChI is InChI=1S/C27H32N8O/c1-34(16-13-21-4-2-3-14-29-21)27(36)19-5-9-22(10-6-19)31-24-18-25(33-35-17-15-30-26(24)35)32-23-11-7-20(28)8-12-23/h2-6,9-10,14-15,17-18,20,23,31H,7-8,11-13,16,28H2,1H3,(H,32,33)/t20-,23-. The number of aromatic nitrogens is 4. The Labute approximate surface area is 210 Å². The lowest BCUT2D eigenvalue weighted by molar-refractivity contribution is 0.0796. The van der Waals surface area contributed by atoms with Gasteiger partial charge >= 0.3 is 0 Å². The number of pyridine rings is 1. The van der Waals surface area contributed by atoms with Gasteiger partial charge in [-0.3, -0.25) is 9.78 Å². The van der Waals surface area contributed by atoms with Crippen molar-refractivity contribution < 1.29 is 4.79 Å². The average molecular weight is 485 g/mol. The summed E-state index contributed by atoms with van der Waals surface area (Å²) in [4.78, 5) is 23.4. The highest BCUT2D eigenvalue weighted by atomic mass is 16.2. The number of nitrogens with two attached hydrogens (primary N) is 1. The Balaban J connectivity index is 1.25. The van der Waals surface area contributed by atoms with Crippen molar-refractivity contribution in [1.29, 1.82) is 0 Å². The Morgan fingerprint density at radius 3 is 2.64 bits per heavy atom. The van der Waals surface area contributed by atoms with E-state index >= 15 is 0 Å². The Morgan fingerprint density at radius 1 is 1.08 bits per heavy atom. The van der Waals surface area contributed by atoms with Crippen molar-refractivity contribution in [3.8, 4) is 0 Å². The van der Waals surface area contributed by atoms with E-state index in [2.05, 4.69) is 25.7 Å². The first kappa shape index (κ1) is 23.7. The molecule has 3 heterocycles. The summed E-state index contributed by atoms with van der Waals surface area (Å²) in [6.07, 6.45) is 10.2. The van der Waals surface area contributed by atoms with Crippen LogP contribution in [0.2, 0.25) is 0 Å². The highest BCUT2D eigenvalue weighted by Crippen LogP contribution is 2.26. The first-order chi connectivity index (χ1) is 17.5. The highest BCUT2D eigenvalue weighted by Gasteiger charge is 2.19. The smallest absolute Gasteiger partial charge is 0.253 e. The zero-order valence-electron chi connectivity index (χ0n) is 20.5. The maximum atomic E-state index is 12.9. The molecule has 9 nitrogen and oxygen atoms in total. The van der Waals surface area contributed by atoms with Crippen LogP contribution >= 0.6 is 0 Å². The number of rotatable bonds is 8. The lowest BCUT2D eigenvalue weighted by Gasteiger charge is -2.27. The molecule has 0 spiro atoms. The molecule has 36 heavy (non-hydrogen) atoms. The summed E-state index contributed by atoms with van der Waals surface area (Å²) in [5.41, 5.74) is 10.1. The first-order valence-electron chi connectivity index (χ1n) is 12.4. The number of benzene rings is 1. The topological polar surface area (TPSA) is 113 Å². The van der Waals surface area contributed by atoms with Gasteiger partial charge in [-0.15, -0.1) is 5.10 Å². The van der Waals surface area contributed by atoms with Crippen molar-refractivity contribution in [2.75, 3.05) is 24.2 Å². The van der Waals surface area contributed by atoms with Gasteiger partial charge in [-0.1, -0.05) is 6.07 Å². The van der Waals surface area contributed by atoms with Crippen LogP contribution in [0.4, 0.5) is 17.2 Å². The van der Waals surface area contributed by atoms with Crippen LogP contribution < -0.4 is 16.4 Å². The monoisotopic (exact) mass is 484 g/mol. The molecule has 4 aromatic rings. The van der Waals surface area contributed by atoms with Crippen molar-refractivity contribution in [3.63, 3.8) is 0 Å². The van der Waals surface area contributed by atoms with E-state index in [-0.39, 0.29) is 5.91 Å². The van der Waals surface area contributed by atoms with Gasteiger partial charge in [0, 0.05) is 73.7 Å². The minimum Gasteiger partial charge on any atom is -0.366 e. The van der Waals surface area contributed by atoms with Crippen molar-refractivity contribution in [1.82, 2.24) is 24.5 Å². The molecular weight excluding hydrogens is 452 g/mol. The predicted molar refractivity (Wildman–Crippen MR) is 141 cm³/mol. The van der Waals surface area contributed by atoms with Gasteiger partial charge < -0.3 is 21.3 Å². The average Bonchev–Trinajstić information content (AvgIpc) is 3.38. The fraction of sp³-hybridized carbons (Fsp3) is 0.333. The predicted octanol–water partition coefficient (Wildman–Crippen LogP) is 3.86. The zero-order chi connectivity index (χ0) is 24.9. The number of amides is 1. The Hall–Kier alpha value is -3.98. The Bertz CT molecular complexity index is 1300. The number of nitrogens with one attached hydrogen (secondary N) is 2. The van der Waals surface area contributed by atoms with Gasteiger partial charge in [-0.2, -0.15) is 0 Å². The third kappa shape index (κ3) is 5.63. The summed E-state index contributed by atoms with van der Waals surface area (Å²) in [5.74, 6) is 0.778. The summed E-state index contributed by atoms with van der Waals surface area (Å²) in [5, 5.41) is 11.7. The quantitative estimate of drug-likeness (QED) is 0.348. The fourth-order valence-corrected chi connectivity index (χ4v) is 4.55. The number of hydrogen-bond donors (Lipinski definition) is 3. The first-order valence-corrected chi connectivity index (χ1v) is 12.4. The van der Waals surface area contributed by atoms with Crippen molar-refractivity contribution in [3.05, 3.63) is 78.4 Å². The summed E-state index contributed by atoms with van der Waals surface area (Å²) in [7, 11) is 1.82. The van der Waals surface area contributed by atoms with Gasteiger partial charge in [0.25, 0.3) is 5.91 Å². The van der Waals surface area contributed by atoms with E-state index in [1.165, 1.54) is 0 Å². The van der Waals surface area contributed by atoms with Gasteiger partial charge in [-0.25, -0.2) is 9.50 Å². The lowest BCUT2D eigenvalue weighted by atomic mass is 9.92. The van der Waals surface area contributed by atoms with E-state index in [0.29, 0.717) is 24.2 Å². The van der Waals surface area contributed by atoms with Crippen LogP contribution in [0.1, 0.15) is 41.7 Å². The lowest BCUT2D eigenvalue weighted by Crippen LogP contribution is -2.33. The molecule has 0 aliphatic heterocycles. The molecule has 186 valence electrons. The minimum absolute atomic E-state index is 0.0178. The van der Waals surface area contributed by atoms with Crippen LogP contribution in [-0.2, 0) is 6.42 Å². The summed E-state index contributed by atoms with van der Waals surface area (Å²) in [6, 6.07) is 16.0. The number of hydrogen-bond acceptors (Lipinski definition) is 7. The van der Waals surface area contributed by atoms with Crippen LogP contribution in [0.3, 0.4) is 0 Å². The number of likely N-dealkylation sites (N-methyl/N-ethyl adjacent to an activating group) is 1. The molecule has 1 amide bonds. The molecule has 1 saturated carbocycles. The molecule has 1 fully saturated rings. The van der Waals surface area contributed by atoms with Crippen LogP contribution in [0.15, 0.2) is 67.1 Å². The fourth-order valence-electron chi connectivity index (χ4n) is 4.55. The number of imidazole rings is 1. The molecular formula is C27H32N8O. The van der Waals surface area contributed by atoms with Crippen LogP contribution in [0, 0.1) is 0 Å². The van der Waals surface area contributed by atoms with Crippen LogP contribution in [0.5, 0.6) is 0 Å². The molecule has 1 aliphatic rings. The van der Waals surface area contributed by atoms with Crippen LogP contribution in [-0.4, -0.2) is 56.1 Å². The summed E-state index contributed by atoms with van der Waals surface area (Å²) >= 11 is 0. The second-order valence-corrected chi connectivity index (χ2v) is 9.39. The maximum Gasteiger partial charge on any atom is 0.253 e. The SMILES string of the molecule is CN(CCc1ccccn1)C(=O)c1ccc(Nc2cc(N[C@H]3CC[C@H](N)CC3)nn3ccnc23)cc1. The van der Waals surface area contributed by atoms with Crippen LogP contribution in [0.25, 0.3) is 5.65 Å². The highest BCUT2D eigenvalue weighted by molar-refractivity contribution is 5.94.